The van der Waals surface area contributed by atoms with E-state index in [-0.39, 0.29) is 5.54 Å². The van der Waals surface area contributed by atoms with Crippen LogP contribution in [-0.2, 0) is 6.54 Å². The van der Waals surface area contributed by atoms with E-state index in [2.05, 4.69) is 49.3 Å². The number of rotatable bonds is 5. The predicted octanol–water partition coefficient (Wildman–Crippen LogP) is 4.13. The van der Waals surface area contributed by atoms with Crippen LogP contribution >= 0.6 is 11.8 Å². The Morgan fingerprint density at radius 1 is 1.14 bits per heavy atom. The Morgan fingerprint density at radius 3 is 2.48 bits per heavy atom. The zero-order chi connectivity index (χ0) is 15.3. The van der Waals surface area contributed by atoms with Crippen LogP contribution in [0.15, 0.2) is 52.5 Å². The van der Waals surface area contributed by atoms with E-state index >= 15 is 0 Å². The summed E-state index contributed by atoms with van der Waals surface area (Å²) in [5.74, 6) is 0.870. The molecule has 112 valence electrons. The Morgan fingerprint density at radius 2 is 1.86 bits per heavy atom. The number of hydrogen-bond acceptors (Lipinski definition) is 4. The molecule has 1 aromatic heterocycles. The molecule has 0 amide bonds. The van der Waals surface area contributed by atoms with Crippen LogP contribution in [0.2, 0.25) is 0 Å². The van der Waals surface area contributed by atoms with Gasteiger partial charge in [0.25, 0.3) is 0 Å². The number of nitrogens with one attached hydrogen (secondary N) is 1. The maximum atomic E-state index is 5.18. The Bertz CT molecular complexity index is 576. The van der Waals surface area contributed by atoms with Crippen LogP contribution in [0.25, 0.3) is 0 Å². The molecule has 0 atom stereocenters. The van der Waals surface area contributed by atoms with E-state index in [0.717, 1.165) is 22.2 Å². The van der Waals surface area contributed by atoms with Crippen molar-refractivity contribution in [3.8, 4) is 5.75 Å². The fourth-order valence-electron chi connectivity index (χ4n) is 1.77. The molecule has 0 aliphatic rings. The number of hydrogen-bond donors (Lipinski definition) is 1. The van der Waals surface area contributed by atoms with Gasteiger partial charge in [-0.3, -0.25) is 0 Å². The number of methoxy groups -OCH3 is 1. The third-order valence-electron chi connectivity index (χ3n) is 2.93. The second-order valence-electron chi connectivity index (χ2n) is 5.85. The van der Waals surface area contributed by atoms with Gasteiger partial charge in [-0.05, 0) is 56.7 Å². The van der Waals surface area contributed by atoms with Crippen LogP contribution in [0, 0.1) is 0 Å². The first-order chi connectivity index (χ1) is 9.98. The van der Waals surface area contributed by atoms with Gasteiger partial charge in [0.15, 0.2) is 0 Å². The second kappa shape index (κ2) is 6.96. The molecular formula is C17H22N2OS. The third kappa shape index (κ3) is 5.06. The molecule has 0 saturated heterocycles. The Labute approximate surface area is 131 Å². The molecule has 21 heavy (non-hydrogen) atoms. The van der Waals surface area contributed by atoms with Crippen LogP contribution in [-0.4, -0.2) is 17.6 Å². The van der Waals surface area contributed by atoms with E-state index in [1.165, 1.54) is 5.56 Å². The summed E-state index contributed by atoms with van der Waals surface area (Å²) in [7, 11) is 1.68. The van der Waals surface area contributed by atoms with Gasteiger partial charge in [0.2, 0.25) is 0 Å². The molecule has 0 saturated carbocycles. The lowest BCUT2D eigenvalue weighted by Crippen LogP contribution is -2.35. The topological polar surface area (TPSA) is 34.1 Å². The molecule has 2 rings (SSSR count). The Balaban J connectivity index is 2.11. The SMILES string of the molecule is COc1ccc(Sc2ncccc2CNC(C)(C)C)cc1. The highest BCUT2D eigenvalue weighted by Gasteiger charge is 2.11. The van der Waals surface area contributed by atoms with Crippen molar-refractivity contribution in [3.63, 3.8) is 0 Å². The van der Waals surface area contributed by atoms with Gasteiger partial charge >= 0.3 is 0 Å². The summed E-state index contributed by atoms with van der Waals surface area (Å²) in [4.78, 5) is 5.67. The minimum Gasteiger partial charge on any atom is -0.497 e. The Hall–Kier alpha value is -1.52. The molecule has 1 aromatic carbocycles. The van der Waals surface area contributed by atoms with Crippen molar-refractivity contribution in [3.05, 3.63) is 48.2 Å². The van der Waals surface area contributed by atoms with Crippen molar-refractivity contribution in [1.29, 1.82) is 0 Å². The molecule has 0 bridgehead atoms. The van der Waals surface area contributed by atoms with E-state index in [4.69, 9.17) is 4.74 Å². The van der Waals surface area contributed by atoms with Gasteiger partial charge in [0.05, 0.1) is 7.11 Å². The van der Waals surface area contributed by atoms with Crippen molar-refractivity contribution in [2.45, 2.75) is 42.8 Å². The molecule has 2 aromatic rings. The van der Waals surface area contributed by atoms with E-state index in [9.17, 15) is 0 Å². The highest BCUT2D eigenvalue weighted by Crippen LogP contribution is 2.30. The van der Waals surface area contributed by atoms with Crippen LogP contribution in [0.4, 0.5) is 0 Å². The lowest BCUT2D eigenvalue weighted by Gasteiger charge is -2.21. The number of nitrogens with zero attached hydrogens (tertiary/aromatic N) is 1. The fraction of sp³-hybridized carbons (Fsp3) is 0.353. The van der Waals surface area contributed by atoms with Crippen LogP contribution in [0.5, 0.6) is 5.75 Å². The number of aromatic nitrogens is 1. The summed E-state index contributed by atoms with van der Waals surface area (Å²) < 4.78 is 5.18. The summed E-state index contributed by atoms with van der Waals surface area (Å²) in [5, 5.41) is 4.55. The van der Waals surface area contributed by atoms with E-state index in [1.54, 1.807) is 18.9 Å². The molecule has 0 spiro atoms. The van der Waals surface area contributed by atoms with Crippen molar-refractivity contribution in [2.24, 2.45) is 0 Å². The van der Waals surface area contributed by atoms with Crippen LogP contribution in [0.3, 0.4) is 0 Å². The highest BCUT2D eigenvalue weighted by molar-refractivity contribution is 7.99. The van der Waals surface area contributed by atoms with Gasteiger partial charge in [-0.15, -0.1) is 0 Å². The van der Waals surface area contributed by atoms with Crippen molar-refractivity contribution in [1.82, 2.24) is 10.3 Å². The molecular weight excluding hydrogens is 280 g/mol. The summed E-state index contributed by atoms with van der Waals surface area (Å²) >= 11 is 1.68. The highest BCUT2D eigenvalue weighted by atomic mass is 32.2. The maximum Gasteiger partial charge on any atom is 0.118 e. The van der Waals surface area contributed by atoms with Gasteiger partial charge in [0.1, 0.15) is 10.8 Å². The van der Waals surface area contributed by atoms with Crippen LogP contribution < -0.4 is 10.1 Å². The minimum absolute atomic E-state index is 0.0951. The molecule has 3 nitrogen and oxygen atoms in total. The predicted molar refractivity (Wildman–Crippen MR) is 87.9 cm³/mol. The zero-order valence-electron chi connectivity index (χ0n) is 13.0. The molecule has 0 aliphatic heterocycles. The number of benzene rings is 1. The van der Waals surface area contributed by atoms with E-state index in [1.807, 2.05) is 24.4 Å². The monoisotopic (exact) mass is 302 g/mol. The smallest absolute Gasteiger partial charge is 0.118 e. The first kappa shape index (κ1) is 15.9. The van der Waals surface area contributed by atoms with Gasteiger partial charge in [-0.2, -0.15) is 0 Å². The normalized spacial score (nSPS) is 11.4. The second-order valence-corrected chi connectivity index (χ2v) is 6.91. The van der Waals surface area contributed by atoms with Crippen molar-refractivity contribution in [2.75, 3.05) is 7.11 Å². The van der Waals surface area contributed by atoms with Crippen LogP contribution in [0.1, 0.15) is 26.3 Å². The summed E-state index contributed by atoms with van der Waals surface area (Å²) in [6.45, 7) is 7.31. The first-order valence-corrected chi connectivity index (χ1v) is 7.80. The van der Waals surface area contributed by atoms with Crippen molar-refractivity contribution >= 4 is 11.8 Å². The molecule has 4 heteroatoms. The minimum atomic E-state index is 0.0951. The number of pyridine rings is 1. The van der Waals surface area contributed by atoms with Gasteiger partial charge in [-0.25, -0.2) is 4.98 Å². The zero-order valence-corrected chi connectivity index (χ0v) is 13.8. The van der Waals surface area contributed by atoms with Gasteiger partial charge < -0.3 is 10.1 Å². The standard InChI is InChI=1S/C17H22N2OS/c1-17(2,3)19-12-13-6-5-11-18-16(13)21-15-9-7-14(20-4)8-10-15/h5-11,19H,12H2,1-4H3. The molecule has 0 unspecified atom stereocenters. The quantitative estimate of drug-likeness (QED) is 0.900. The van der Waals surface area contributed by atoms with Gasteiger partial charge in [0, 0.05) is 23.2 Å². The largest absolute Gasteiger partial charge is 0.497 e. The molecule has 0 radical (unpaired) electrons. The number of ether oxygens (including phenoxy) is 1. The van der Waals surface area contributed by atoms with Gasteiger partial charge in [-0.1, -0.05) is 17.8 Å². The summed E-state index contributed by atoms with van der Waals surface area (Å²) in [5.41, 5.74) is 1.31. The summed E-state index contributed by atoms with van der Waals surface area (Å²) in [6, 6.07) is 12.2. The van der Waals surface area contributed by atoms with E-state index in [0.29, 0.717) is 0 Å². The van der Waals surface area contributed by atoms with Crippen molar-refractivity contribution < 1.29 is 4.74 Å². The average molecular weight is 302 g/mol. The molecule has 0 aliphatic carbocycles. The molecule has 0 fully saturated rings. The molecule has 1 heterocycles. The third-order valence-corrected chi connectivity index (χ3v) is 4.00. The van der Waals surface area contributed by atoms with E-state index < -0.39 is 0 Å². The summed E-state index contributed by atoms with van der Waals surface area (Å²) in [6.07, 6.45) is 1.84. The lowest BCUT2D eigenvalue weighted by molar-refractivity contribution is 0.414. The average Bonchev–Trinajstić information content (AvgIpc) is 2.46. The molecule has 1 N–H and O–H groups in total. The lowest BCUT2D eigenvalue weighted by atomic mass is 10.1. The fourth-order valence-corrected chi connectivity index (χ4v) is 2.65. The maximum absolute atomic E-state index is 5.18. The first-order valence-electron chi connectivity index (χ1n) is 6.99. The Kier molecular flexibility index (Phi) is 5.26.